The number of hydrogen-bond acceptors (Lipinski definition) is 6. The molecule has 3 heterocycles. The van der Waals surface area contributed by atoms with Gasteiger partial charge in [-0.25, -0.2) is 4.39 Å². The van der Waals surface area contributed by atoms with Gasteiger partial charge >= 0.3 is 0 Å². The summed E-state index contributed by atoms with van der Waals surface area (Å²) in [6.45, 7) is -0.974. The van der Waals surface area contributed by atoms with E-state index in [2.05, 4.69) is 0 Å². The maximum Gasteiger partial charge on any atom is 0.255 e. The number of fused-ring (bicyclic) bond motifs is 1. The van der Waals surface area contributed by atoms with E-state index >= 15 is 0 Å². The lowest BCUT2D eigenvalue weighted by atomic mass is 10.0. The molecule has 0 bridgehead atoms. The Kier molecular flexibility index (Phi) is 4.58. The Morgan fingerprint density at radius 1 is 1.21 bits per heavy atom. The topological polar surface area (TPSA) is 88.2 Å². The van der Waals surface area contributed by atoms with Crippen LogP contribution in [-0.4, -0.2) is 59.9 Å². The normalized spacial score (nSPS) is 26.9. The van der Waals surface area contributed by atoms with Crippen molar-refractivity contribution in [1.82, 2.24) is 15.1 Å². The first-order chi connectivity index (χ1) is 18.8. The van der Waals surface area contributed by atoms with E-state index in [1.54, 1.807) is 4.90 Å². The average molecular weight is 474 g/mol. The molecule has 0 aromatic heterocycles. The van der Waals surface area contributed by atoms with Gasteiger partial charge in [0.15, 0.2) is 0 Å². The fraction of sp³-hybridized carbons (Fsp3) is 0.400. The molecule has 1 unspecified atom stereocenters. The fourth-order valence-corrected chi connectivity index (χ4v) is 4.07. The number of carbonyl (C=O) groups is 3. The van der Waals surface area contributed by atoms with Crippen LogP contribution >= 0.6 is 0 Å². The second-order valence-corrected chi connectivity index (χ2v) is 8.01. The summed E-state index contributed by atoms with van der Waals surface area (Å²) in [6.07, 6.45) is -6.09. The maximum absolute atomic E-state index is 14.7. The minimum absolute atomic E-state index is 0.0723. The number of imide groups is 1. The van der Waals surface area contributed by atoms with Crippen molar-refractivity contribution < 1.29 is 36.5 Å². The molecule has 5 rings (SSSR count). The number of benzene rings is 2. The van der Waals surface area contributed by atoms with E-state index in [-0.39, 0.29) is 41.2 Å². The Morgan fingerprint density at radius 3 is 2.85 bits per heavy atom. The van der Waals surface area contributed by atoms with Crippen molar-refractivity contribution in [1.29, 1.82) is 0 Å². The van der Waals surface area contributed by atoms with Gasteiger partial charge in [0, 0.05) is 50.9 Å². The molecule has 2 aromatic carbocycles. The molecule has 0 radical (unpaired) electrons. The van der Waals surface area contributed by atoms with E-state index in [4.69, 9.17) is 17.7 Å². The number of ether oxygens (including phenoxy) is 2. The highest BCUT2D eigenvalue weighted by molar-refractivity contribution is 6.05. The van der Waals surface area contributed by atoms with E-state index in [0.717, 1.165) is 11.0 Å². The minimum atomic E-state index is -3.07. The van der Waals surface area contributed by atoms with Gasteiger partial charge in [-0.2, -0.15) is 0 Å². The summed E-state index contributed by atoms with van der Waals surface area (Å²) in [5, 5.41) is 1.81. The molecule has 178 valence electrons. The number of rotatable bonds is 6. The van der Waals surface area contributed by atoms with Crippen molar-refractivity contribution >= 4 is 17.7 Å². The number of hydrogen-bond donors (Lipinski definition) is 1. The summed E-state index contributed by atoms with van der Waals surface area (Å²) in [5.74, 6) is -3.77. The first-order valence-electron chi connectivity index (χ1n) is 13.8. The summed E-state index contributed by atoms with van der Waals surface area (Å²) in [7, 11) is 0. The Hall–Kier alpha value is -3.30. The Balaban J connectivity index is 1.38. The summed E-state index contributed by atoms with van der Waals surface area (Å²) < 4.78 is 75.3. The third-order valence-electron chi connectivity index (χ3n) is 5.80. The molecule has 2 fully saturated rings. The fourth-order valence-electron chi connectivity index (χ4n) is 4.07. The number of amides is 3. The third-order valence-corrected chi connectivity index (χ3v) is 5.80. The third kappa shape index (κ3) is 4.53. The smallest absolute Gasteiger partial charge is 0.255 e. The number of piperidine rings is 1. The molecule has 1 atom stereocenters. The van der Waals surface area contributed by atoms with Crippen LogP contribution in [0.3, 0.4) is 0 Å². The van der Waals surface area contributed by atoms with E-state index in [1.807, 2.05) is 5.32 Å². The van der Waals surface area contributed by atoms with Gasteiger partial charge in [-0.15, -0.1) is 0 Å². The molecule has 3 aliphatic heterocycles. The lowest BCUT2D eigenvalue weighted by Crippen LogP contribution is -2.52. The van der Waals surface area contributed by atoms with Crippen LogP contribution in [0.5, 0.6) is 5.75 Å². The highest BCUT2D eigenvalue weighted by atomic mass is 19.1. The summed E-state index contributed by atoms with van der Waals surface area (Å²) in [6, 6.07) is 6.44. The Morgan fingerprint density at radius 2 is 2.03 bits per heavy atom. The number of carbonyl (C=O) groups excluding carboxylic acids is 3. The molecule has 2 saturated heterocycles. The van der Waals surface area contributed by atoms with Crippen LogP contribution in [0, 0.1) is 5.82 Å². The van der Waals surface area contributed by atoms with Gasteiger partial charge in [-0.3, -0.25) is 24.6 Å². The molecular formula is C25H26FN3O5. The molecule has 1 N–H and O–H groups in total. The molecular weight excluding hydrogens is 441 g/mol. The van der Waals surface area contributed by atoms with Gasteiger partial charge in [0.2, 0.25) is 11.8 Å². The van der Waals surface area contributed by atoms with Crippen LogP contribution in [0.2, 0.25) is 0 Å². The van der Waals surface area contributed by atoms with Crippen LogP contribution in [0.4, 0.5) is 4.39 Å². The molecule has 0 spiro atoms. The van der Waals surface area contributed by atoms with Crippen LogP contribution in [-0.2, 0) is 34.0 Å². The second-order valence-electron chi connectivity index (χ2n) is 8.01. The Labute approximate surface area is 205 Å². The monoisotopic (exact) mass is 473 g/mol. The van der Waals surface area contributed by atoms with Gasteiger partial charge in [0.25, 0.3) is 5.91 Å². The van der Waals surface area contributed by atoms with Gasteiger partial charge in [-0.05, 0) is 36.2 Å². The predicted molar refractivity (Wildman–Crippen MR) is 119 cm³/mol. The number of halogens is 1. The van der Waals surface area contributed by atoms with Gasteiger partial charge in [0.1, 0.15) is 24.2 Å². The number of nitrogens with zero attached hydrogens (tertiary/aromatic N) is 2. The first kappa shape index (κ1) is 16.3. The largest absolute Gasteiger partial charge is 0.488 e. The van der Waals surface area contributed by atoms with E-state index in [1.165, 1.54) is 30.3 Å². The molecule has 2 aromatic rings. The van der Waals surface area contributed by atoms with E-state index < -0.39 is 48.8 Å². The van der Waals surface area contributed by atoms with Gasteiger partial charge < -0.3 is 14.4 Å². The highest BCUT2D eigenvalue weighted by Crippen LogP contribution is 2.34. The van der Waals surface area contributed by atoms with Crippen molar-refractivity contribution in [3.8, 4) is 5.75 Å². The van der Waals surface area contributed by atoms with Crippen molar-refractivity contribution in [2.75, 3.05) is 26.3 Å². The average Bonchev–Trinajstić information content (AvgIpc) is 3.24. The minimum Gasteiger partial charge on any atom is -0.488 e. The summed E-state index contributed by atoms with van der Waals surface area (Å²) >= 11 is 0. The first-order valence-corrected chi connectivity index (χ1v) is 10.8. The molecule has 9 heteroatoms. The number of nitrogens with one attached hydrogen (secondary N) is 1. The maximum atomic E-state index is 14.7. The van der Waals surface area contributed by atoms with Gasteiger partial charge in [-0.1, -0.05) is 12.1 Å². The van der Waals surface area contributed by atoms with Crippen LogP contribution in [0.1, 0.15) is 48.0 Å². The zero-order chi connectivity index (χ0) is 29.0. The standard InChI is InChI=1S/C25H26FN3O5/c26-20-5-4-16(13-28-8-10-33-11-9-28)12-17(20)15-34-22-3-1-2-18-19(22)14-29(25(18)32)21-6-7-23(30)27-24(21)31/h1-5,12,21H,6-11,13-15H2,(H,27,30,31)/i6D2,7D2,13D2. The van der Waals surface area contributed by atoms with Crippen molar-refractivity contribution in [3.63, 3.8) is 0 Å². The molecule has 0 saturated carbocycles. The molecule has 0 aliphatic carbocycles. The zero-order valence-electron chi connectivity index (χ0n) is 24.1. The number of morpholine rings is 1. The Bertz CT molecular complexity index is 1380. The molecule has 3 amide bonds. The van der Waals surface area contributed by atoms with Crippen LogP contribution in [0.25, 0.3) is 0 Å². The van der Waals surface area contributed by atoms with Crippen molar-refractivity contribution in [3.05, 3.63) is 64.5 Å². The summed E-state index contributed by atoms with van der Waals surface area (Å²) in [4.78, 5) is 40.2. The lowest BCUT2D eigenvalue weighted by molar-refractivity contribution is -0.136. The highest BCUT2D eigenvalue weighted by Gasteiger charge is 2.40. The molecule has 3 aliphatic rings. The van der Waals surface area contributed by atoms with E-state index in [0.29, 0.717) is 26.3 Å². The lowest BCUT2D eigenvalue weighted by Gasteiger charge is -2.29. The van der Waals surface area contributed by atoms with Crippen LogP contribution in [0.15, 0.2) is 36.4 Å². The predicted octanol–water partition coefficient (Wildman–Crippen LogP) is 2.00. The summed E-state index contributed by atoms with van der Waals surface area (Å²) in [5.41, 5.74) is 0.691. The SMILES string of the molecule is [2H]C([2H])(c1ccc(F)c(COc2cccc3c2CN(C2C(=O)NC(=O)C([2H])([2H])C2([2H])[2H])C3=O)c1)N1CCOCC1. The molecule has 34 heavy (non-hydrogen) atoms. The zero-order valence-corrected chi connectivity index (χ0v) is 18.1. The molecule has 8 nitrogen and oxygen atoms in total. The van der Waals surface area contributed by atoms with Gasteiger partial charge in [0.05, 0.1) is 19.8 Å². The second kappa shape index (κ2) is 9.52. The van der Waals surface area contributed by atoms with E-state index in [9.17, 15) is 18.8 Å². The quantitative estimate of drug-likeness (QED) is 0.646. The van der Waals surface area contributed by atoms with Crippen molar-refractivity contribution in [2.24, 2.45) is 0 Å². The van der Waals surface area contributed by atoms with Crippen molar-refractivity contribution in [2.45, 2.75) is 38.4 Å². The van der Waals surface area contributed by atoms with Crippen LogP contribution < -0.4 is 10.1 Å².